The van der Waals surface area contributed by atoms with Crippen LogP contribution in [0.5, 0.6) is 0 Å². The van der Waals surface area contributed by atoms with Gasteiger partial charge in [0.2, 0.25) is 0 Å². The van der Waals surface area contributed by atoms with Gasteiger partial charge in [-0.3, -0.25) is 4.79 Å². The lowest BCUT2D eigenvalue weighted by Gasteiger charge is -2.27. The topological polar surface area (TPSA) is 66.9 Å². The summed E-state index contributed by atoms with van der Waals surface area (Å²) < 4.78 is 31.9. The van der Waals surface area contributed by atoms with Crippen molar-refractivity contribution >= 4 is 16.2 Å². The van der Waals surface area contributed by atoms with Gasteiger partial charge in [0.1, 0.15) is 6.04 Å². The molecule has 0 aromatic carbocycles. The van der Waals surface area contributed by atoms with Crippen molar-refractivity contribution in [1.82, 2.24) is 8.61 Å². The van der Waals surface area contributed by atoms with Crippen molar-refractivity contribution < 1.29 is 17.9 Å². The fourth-order valence-corrected chi connectivity index (χ4v) is 3.65. The van der Waals surface area contributed by atoms with Gasteiger partial charge in [0.15, 0.2) is 0 Å². The summed E-state index contributed by atoms with van der Waals surface area (Å²) in [6.07, 6.45) is 2.97. The quantitative estimate of drug-likeness (QED) is 0.667. The Morgan fingerprint density at radius 2 is 2.17 bits per heavy atom. The van der Waals surface area contributed by atoms with E-state index in [1.807, 2.05) is 6.92 Å². The monoisotopic (exact) mass is 278 g/mol. The average Bonchev–Trinajstić information content (AvgIpc) is 2.84. The molecule has 1 aliphatic rings. The number of ether oxygens (including phenoxy) is 1. The minimum absolute atomic E-state index is 0.387. The summed E-state index contributed by atoms with van der Waals surface area (Å²) in [5.41, 5.74) is 0. The number of unbranched alkanes of at least 4 members (excludes halogenated alkanes) is 1. The first-order chi connectivity index (χ1) is 8.45. The van der Waals surface area contributed by atoms with Gasteiger partial charge in [-0.25, -0.2) is 0 Å². The van der Waals surface area contributed by atoms with Gasteiger partial charge < -0.3 is 4.74 Å². The third-order valence-electron chi connectivity index (χ3n) is 3.19. The summed E-state index contributed by atoms with van der Waals surface area (Å²) in [7, 11) is -0.712. The predicted octanol–water partition coefficient (Wildman–Crippen LogP) is 0.600. The Balaban J connectivity index is 2.80. The Bertz CT molecular complexity index is 383. The van der Waals surface area contributed by atoms with E-state index in [4.69, 9.17) is 0 Å². The fourth-order valence-electron chi connectivity index (χ4n) is 2.06. The molecule has 106 valence electrons. The first kappa shape index (κ1) is 15.4. The van der Waals surface area contributed by atoms with Crippen LogP contribution in [0.25, 0.3) is 0 Å². The third-order valence-corrected chi connectivity index (χ3v) is 5.19. The molecule has 1 rings (SSSR count). The van der Waals surface area contributed by atoms with E-state index in [9.17, 15) is 13.2 Å². The molecule has 1 unspecified atom stereocenters. The lowest BCUT2D eigenvalue weighted by atomic mass is 10.2. The highest BCUT2D eigenvalue weighted by Gasteiger charge is 2.40. The molecule has 0 bridgehead atoms. The van der Waals surface area contributed by atoms with Crippen molar-refractivity contribution in [3.8, 4) is 0 Å². The van der Waals surface area contributed by atoms with Crippen molar-refractivity contribution in [3.05, 3.63) is 0 Å². The maximum absolute atomic E-state index is 12.3. The predicted molar refractivity (Wildman–Crippen MR) is 68.2 cm³/mol. The number of hydrogen-bond donors (Lipinski definition) is 0. The molecule has 0 amide bonds. The molecule has 1 aliphatic heterocycles. The molecule has 0 aromatic heterocycles. The van der Waals surface area contributed by atoms with E-state index in [2.05, 4.69) is 4.74 Å². The number of hydrogen-bond acceptors (Lipinski definition) is 4. The molecule has 0 radical (unpaired) electrons. The van der Waals surface area contributed by atoms with E-state index in [1.165, 1.54) is 15.7 Å². The van der Waals surface area contributed by atoms with Crippen molar-refractivity contribution in [2.24, 2.45) is 0 Å². The van der Waals surface area contributed by atoms with Gasteiger partial charge in [-0.1, -0.05) is 13.3 Å². The van der Waals surface area contributed by atoms with Gasteiger partial charge in [0, 0.05) is 20.1 Å². The minimum atomic E-state index is -3.55. The summed E-state index contributed by atoms with van der Waals surface area (Å²) in [5.74, 6) is -0.472. The number of methoxy groups -OCH3 is 1. The maximum Gasteiger partial charge on any atom is 0.324 e. The van der Waals surface area contributed by atoms with Gasteiger partial charge >= 0.3 is 5.97 Å². The van der Waals surface area contributed by atoms with Crippen LogP contribution in [0, 0.1) is 0 Å². The molecule has 0 aliphatic carbocycles. The van der Waals surface area contributed by atoms with E-state index in [-0.39, 0.29) is 0 Å². The van der Waals surface area contributed by atoms with Gasteiger partial charge in [-0.2, -0.15) is 17.0 Å². The largest absolute Gasteiger partial charge is 0.468 e. The van der Waals surface area contributed by atoms with E-state index in [0.29, 0.717) is 25.9 Å². The molecular weight excluding hydrogens is 256 g/mol. The minimum Gasteiger partial charge on any atom is -0.468 e. The maximum atomic E-state index is 12.3. The van der Waals surface area contributed by atoms with Crippen LogP contribution in [0.4, 0.5) is 0 Å². The molecular formula is C11H22N2O4S. The van der Waals surface area contributed by atoms with Crippen LogP contribution >= 0.6 is 0 Å². The van der Waals surface area contributed by atoms with Crippen LogP contribution in [-0.4, -0.2) is 56.3 Å². The van der Waals surface area contributed by atoms with Crippen LogP contribution in [-0.2, 0) is 19.7 Å². The van der Waals surface area contributed by atoms with Gasteiger partial charge in [0.25, 0.3) is 10.2 Å². The normalized spacial score (nSPS) is 21.4. The third kappa shape index (κ3) is 3.21. The molecule has 7 heteroatoms. The summed E-state index contributed by atoms with van der Waals surface area (Å²) in [4.78, 5) is 11.6. The average molecular weight is 278 g/mol. The second-order valence-electron chi connectivity index (χ2n) is 4.47. The smallest absolute Gasteiger partial charge is 0.324 e. The zero-order valence-electron chi connectivity index (χ0n) is 11.3. The Labute approximate surface area is 109 Å². The first-order valence-electron chi connectivity index (χ1n) is 6.26. The molecule has 0 N–H and O–H groups in total. The lowest BCUT2D eigenvalue weighted by Crippen LogP contribution is -2.47. The second kappa shape index (κ2) is 6.49. The number of esters is 1. The van der Waals surface area contributed by atoms with E-state index >= 15 is 0 Å². The van der Waals surface area contributed by atoms with Crippen LogP contribution in [0.3, 0.4) is 0 Å². The van der Waals surface area contributed by atoms with Gasteiger partial charge in [-0.05, 0) is 19.3 Å². The first-order valence-corrected chi connectivity index (χ1v) is 7.65. The molecule has 1 atom stereocenters. The highest BCUT2D eigenvalue weighted by Crippen LogP contribution is 2.23. The van der Waals surface area contributed by atoms with Gasteiger partial charge in [0.05, 0.1) is 7.11 Å². The Morgan fingerprint density at radius 1 is 1.50 bits per heavy atom. The van der Waals surface area contributed by atoms with Crippen LogP contribution in [0.2, 0.25) is 0 Å². The summed E-state index contributed by atoms with van der Waals surface area (Å²) >= 11 is 0. The molecule has 1 saturated heterocycles. The van der Waals surface area contributed by atoms with E-state index in [1.54, 1.807) is 7.05 Å². The molecule has 6 nitrogen and oxygen atoms in total. The van der Waals surface area contributed by atoms with E-state index in [0.717, 1.165) is 12.8 Å². The number of carbonyl (C=O) groups excluding carboxylic acids is 1. The number of carbonyl (C=O) groups is 1. The highest BCUT2D eigenvalue weighted by atomic mass is 32.2. The fraction of sp³-hybridized carbons (Fsp3) is 0.909. The Hall–Kier alpha value is -0.660. The summed E-state index contributed by atoms with van der Waals surface area (Å²) in [6.45, 7) is 2.87. The van der Waals surface area contributed by atoms with Crippen LogP contribution in [0.15, 0.2) is 0 Å². The molecule has 0 saturated carbocycles. The molecule has 18 heavy (non-hydrogen) atoms. The van der Waals surface area contributed by atoms with Crippen molar-refractivity contribution in [1.29, 1.82) is 0 Å². The van der Waals surface area contributed by atoms with Crippen molar-refractivity contribution in [2.75, 3.05) is 27.2 Å². The highest BCUT2D eigenvalue weighted by molar-refractivity contribution is 7.86. The van der Waals surface area contributed by atoms with Gasteiger partial charge in [-0.15, -0.1) is 0 Å². The van der Waals surface area contributed by atoms with Crippen molar-refractivity contribution in [2.45, 2.75) is 38.6 Å². The Morgan fingerprint density at radius 3 is 2.72 bits per heavy atom. The molecule has 1 fully saturated rings. The summed E-state index contributed by atoms with van der Waals surface area (Å²) in [6, 6.07) is -0.663. The summed E-state index contributed by atoms with van der Waals surface area (Å²) in [5, 5.41) is 0. The molecule has 0 spiro atoms. The molecule has 0 aromatic rings. The number of nitrogens with zero attached hydrogens (tertiary/aromatic N) is 2. The van der Waals surface area contributed by atoms with Crippen LogP contribution in [0.1, 0.15) is 32.6 Å². The zero-order chi connectivity index (χ0) is 13.8. The van der Waals surface area contributed by atoms with Crippen LogP contribution < -0.4 is 0 Å². The molecule has 1 heterocycles. The number of rotatable bonds is 6. The SMILES string of the molecule is CCCCN(C)S(=O)(=O)N1CCCC1C(=O)OC. The zero-order valence-corrected chi connectivity index (χ0v) is 12.1. The second-order valence-corrected chi connectivity index (χ2v) is 6.46. The standard InChI is InChI=1S/C11H22N2O4S/c1-4-5-8-12(2)18(15,16)13-9-6-7-10(13)11(14)17-3/h10H,4-9H2,1-3H3. The lowest BCUT2D eigenvalue weighted by molar-refractivity contribution is -0.144. The Kier molecular flexibility index (Phi) is 5.55. The van der Waals surface area contributed by atoms with E-state index < -0.39 is 22.2 Å². The van der Waals surface area contributed by atoms with Crippen molar-refractivity contribution in [3.63, 3.8) is 0 Å².